The summed E-state index contributed by atoms with van der Waals surface area (Å²) in [6.45, 7) is 5.23. The Morgan fingerprint density at radius 2 is 1.58 bits per heavy atom. The van der Waals surface area contributed by atoms with Crippen molar-refractivity contribution in [1.82, 2.24) is 4.98 Å². The lowest BCUT2D eigenvalue weighted by atomic mass is 10.00. The number of nitrogens with one attached hydrogen (secondary N) is 2. The van der Waals surface area contributed by atoms with Gasteiger partial charge in [0.1, 0.15) is 5.82 Å². The van der Waals surface area contributed by atoms with Gasteiger partial charge in [-0.25, -0.2) is 21.8 Å². The fraction of sp³-hybridized carbons (Fsp3) is 0.179. The Morgan fingerprint density at radius 1 is 0.842 bits per heavy atom. The van der Waals surface area contributed by atoms with Gasteiger partial charge in [-0.2, -0.15) is 0 Å². The van der Waals surface area contributed by atoms with Crippen LogP contribution >= 0.6 is 11.6 Å². The standard InChI is InChI=1S/C28H28ClN3O4S2/c1-18(2)38(35,36)27-11-6-5-10-25(27)32-26-16-28(30-17-24(26)29)31-21-12-13-23(19(3)14-21)20-8-7-9-22(15-20)37(4,33)34/h5-18H,1-4H3,(H2,30,31,32). The molecule has 2 N–H and O–H groups in total. The maximum absolute atomic E-state index is 12.8. The highest BCUT2D eigenvalue weighted by Crippen LogP contribution is 2.33. The highest BCUT2D eigenvalue weighted by Gasteiger charge is 2.23. The van der Waals surface area contributed by atoms with Crippen LogP contribution in [0.5, 0.6) is 0 Å². The van der Waals surface area contributed by atoms with Gasteiger partial charge in [0.25, 0.3) is 0 Å². The predicted octanol–water partition coefficient (Wildman–Crippen LogP) is 6.78. The van der Waals surface area contributed by atoms with Crippen LogP contribution in [-0.2, 0) is 19.7 Å². The largest absolute Gasteiger partial charge is 0.353 e. The molecule has 198 valence electrons. The Morgan fingerprint density at radius 3 is 2.26 bits per heavy atom. The first-order valence-corrected chi connectivity index (χ1v) is 15.6. The van der Waals surface area contributed by atoms with Gasteiger partial charge in [0.05, 0.1) is 37.6 Å². The molecule has 0 unspecified atom stereocenters. The lowest BCUT2D eigenvalue weighted by Gasteiger charge is -2.16. The fourth-order valence-corrected chi connectivity index (χ4v) is 5.95. The number of nitrogens with zero attached hydrogens (tertiary/aromatic N) is 1. The second-order valence-corrected chi connectivity index (χ2v) is 14.1. The number of halogens is 1. The normalized spacial score (nSPS) is 11.9. The minimum atomic E-state index is -3.51. The van der Waals surface area contributed by atoms with Gasteiger partial charge in [0.15, 0.2) is 19.7 Å². The summed E-state index contributed by atoms with van der Waals surface area (Å²) >= 11 is 6.39. The summed E-state index contributed by atoms with van der Waals surface area (Å²) in [6.07, 6.45) is 2.68. The van der Waals surface area contributed by atoms with Crippen LogP contribution in [0.2, 0.25) is 5.02 Å². The molecule has 1 heterocycles. The Hall–Kier alpha value is -3.40. The summed E-state index contributed by atoms with van der Waals surface area (Å²) < 4.78 is 49.6. The zero-order valence-corrected chi connectivity index (χ0v) is 23.7. The van der Waals surface area contributed by atoms with Crippen LogP contribution in [0.3, 0.4) is 0 Å². The number of anilines is 4. The zero-order chi connectivity index (χ0) is 27.7. The van der Waals surface area contributed by atoms with E-state index in [9.17, 15) is 16.8 Å². The molecule has 4 rings (SSSR count). The molecule has 0 bridgehead atoms. The first kappa shape index (κ1) is 27.6. The molecule has 7 nitrogen and oxygen atoms in total. The van der Waals surface area contributed by atoms with Gasteiger partial charge in [0.2, 0.25) is 0 Å². The number of rotatable bonds is 8. The smallest absolute Gasteiger partial charge is 0.182 e. The van der Waals surface area contributed by atoms with Crippen LogP contribution in [0.15, 0.2) is 88.8 Å². The minimum absolute atomic E-state index is 0.198. The summed E-state index contributed by atoms with van der Waals surface area (Å²) in [5.41, 5.74) is 4.37. The minimum Gasteiger partial charge on any atom is -0.353 e. The molecule has 0 radical (unpaired) electrons. The quantitative estimate of drug-likeness (QED) is 0.241. The Labute approximate surface area is 228 Å². The summed E-state index contributed by atoms with van der Waals surface area (Å²) in [7, 11) is -6.82. The van der Waals surface area contributed by atoms with Crippen LogP contribution in [-0.4, -0.2) is 33.3 Å². The van der Waals surface area contributed by atoms with E-state index in [0.29, 0.717) is 22.2 Å². The third-order valence-corrected chi connectivity index (χ3v) is 9.63. The molecule has 0 fully saturated rings. The van der Waals surface area contributed by atoms with Crippen molar-refractivity contribution in [2.45, 2.75) is 35.8 Å². The van der Waals surface area contributed by atoms with E-state index >= 15 is 0 Å². The maximum atomic E-state index is 12.8. The maximum Gasteiger partial charge on any atom is 0.182 e. The van der Waals surface area contributed by atoms with Crippen molar-refractivity contribution < 1.29 is 16.8 Å². The number of para-hydroxylation sites is 1. The third kappa shape index (κ3) is 6.01. The van der Waals surface area contributed by atoms with Gasteiger partial charge in [-0.05, 0) is 73.9 Å². The van der Waals surface area contributed by atoms with Crippen LogP contribution in [0.25, 0.3) is 11.1 Å². The van der Waals surface area contributed by atoms with Gasteiger partial charge in [-0.15, -0.1) is 0 Å². The number of aromatic nitrogens is 1. The van der Waals surface area contributed by atoms with Crippen molar-refractivity contribution in [2.75, 3.05) is 16.9 Å². The number of hydrogen-bond donors (Lipinski definition) is 2. The summed E-state index contributed by atoms with van der Waals surface area (Å²) in [5, 5.41) is 6.16. The third-order valence-electron chi connectivity index (χ3n) is 6.01. The predicted molar refractivity (Wildman–Crippen MR) is 154 cm³/mol. The van der Waals surface area contributed by atoms with Crippen molar-refractivity contribution in [3.63, 3.8) is 0 Å². The van der Waals surface area contributed by atoms with Crippen LogP contribution in [0, 0.1) is 6.92 Å². The molecule has 10 heteroatoms. The lowest BCUT2D eigenvalue weighted by molar-refractivity contribution is 0.587. The topological polar surface area (TPSA) is 105 Å². The number of sulfone groups is 2. The second-order valence-electron chi connectivity index (χ2n) is 9.22. The van der Waals surface area contributed by atoms with Crippen molar-refractivity contribution in [3.8, 4) is 11.1 Å². The van der Waals surface area contributed by atoms with E-state index < -0.39 is 24.9 Å². The van der Waals surface area contributed by atoms with Crippen LogP contribution in [0.4, 0.5) is 22.9 Å². The molecule has 3 aromatic carbocycles. The molecular weight excluding hydrogens is 542 g/mol. The highest BCUT2D eigenvalue weighted by atomic mass is 35.5. The van der Waals surface area contributed by atoms with E-state index in [2.05, 4.69) is 15.6 Å². The monoisotopic (exact) mass is 569 g/mol. The van der Waals surface area contributed by atoms with Gasteiger partial charge < -0.3 is 10.6 Å². The number of benzene rings is 3. The molecule has 1 aromatic heterocycles. The molecule has 0 aliphatic carbocycles. The molecule has 0 spiro atoms. The van der Waals surface area contributed by atoms with Gasteiger partial charge in [-0.3, -0.25) is 0 Å². The molecule has 0 amide bonds. The molecule has 0 aliphatic heterocycles. The summed E-state index contributed by atoms with van der Waals surface area (Å²) in [5.74, 6) is 0.507. The first-order chi connectivity index (χ1) is 17.9. The lowest BCUT2D eigenvalue weighted by Crippen LogP contribution is -2.15. The van der Waals surface area contributed by atoms with E-state index in [-0.39, 0.29) is 9.79 Å². The van der Waals surface area contributed by atoms with E-state index in [4.69, 9.17) is 11.6 Å². The van der Waals surface area contributed by atoms with E-state index in [1.807, 2.05) is 31.2 Å². The SMILES string of the molecule is Cc1cc(Nc2cc(Nc3ccccc3S(=O)(=O)C(C)C)c(Cl)cn2)ccc1-c1cccc(S(C)(=O)=O)c1. The van der Waals surface area contributed by atoms with Crippen molar-refractivity contribution in [1.29, 1.82) is 0 Å². The van der Waals surface area contributed by atoms with E-state index in [1.165, 1.54) is 12.5 Å². The van der Waals surface area contributed by atoms with Gasteiger partial charge >= 0.3 is 0 Å². The molecule has 38 heavy (non-hydrogen) atoms. The number of aryl methyl sites for hydroxylation is 1. The molecule has 0 aliphatic rings. The molecule has 4 aromatic rings. The fourth-order valence-electron chi connectivity index (χ4n) is 3.93. The number of pyridine rings is 1. The van der Waals surface area contributed by atoms with E-state index in [0.717, 1.165) is 22.4 Å². The Balaban J connectivity index is 1.61. The molecule has 0 saturated carbocycles. The second kappa shape index (κ2) is 10.8. The molecular formula is C28H28ClN3O4S2. The average Bonchev–Trinajstić information content (AvgIpc) is 2.86. The summed E-state index contributed by atoms with van der Waals surface area (Å²) in [4.78, 5) is 4.82. The van der Waals surface area contributed by atoms with Crippen LogP contribution < -0.4 is 10.6 Å². The van der Waals surface area contributed by atoms with Crippen LogP contribution in [0.1, 0.15) is 19.4 Å². The number of hydrogen-bond acceptors (Lipinski definition) is 7. The molecule has 0 saturated heterocycles. The van der Waals surface area contributed by atoms with Crippen molar-refractivity contribution >= 4 is 54.2 Å². The van der Waals surface area contributed by atoms with Crippen molar-refractivity contribution in [2.24, 2.45) is 0 Å². The molecule has 0 atom stereocenters. The first-order valence-electron chi connectivity index (χ1n) is 11.8. The van der Waals surface area contributed by atoms with Gasteiger partial charge in [-0.1, -0.05) is 41.9 Å². The van der Waals surface area contributed by atoms with Gasteiger partial charge in [0, 0.05) is 18.0 Å². The van der Waals surface area contributed by atoms with E-state index in [1.54, 1.807) is 62.4 Å². The van der Waals surface area contributed by atoms with Crippen molar-refractivity contribution in [3.05, 3.63) is 89.6 Å². The average molecular weight is 570 g/mol. The highest BCUT2D eigenvalue weighted by molar-refractivity contribution is 7.92. The Kier molecular flexibility index (Phi) is 7.83. The summed E-state index contributed by atoms with van der Waals surface area (Å²) in [6, 6.07) is 21.0. The Bertz CT molecular complexity index is 1720. The zero-order valence-electron chi connectivity index (χ0n) is 21.4.